The summed E-state index contributed by atoms with van der Waals surface area (Å²) in [5, 5.41) is 1.05. The molecule has 0 aliphatic carbocycles. The van der Waals surface area contributed by atoms with Gasteiger partial charge in [-0.2, -0.15) is 0 Å². The molecule has 1 aromatic heterocycles. The summed E-state index contributed by atoms with van der Waals surface area (Å²) in [6.45, 7) is 4.31. The standard InChI is InChI=1S/C24H20Cl2N2O/c1-14(2)16-8-6-15(7-9-16)12-22(29)17-10-11-20-21(13-17)28-24(27-20)23-18(25)4-3-5-19(23)26/h3-11,13-14H,12H2,1-2H3,(H,27,28). The van der Waals surface area contributed by atoms with Gasteiger partial charge in [-0.15, -0.1) is 0 Å². The zero-order chi connectivity index (χ0) is 20.5. The third kappa shape index (κ3) is 4.07. The molecule has 146 valence electrons. The third-order valence-electron chi connectivity index (χ3n) is 5.01. The van der Waals surface area contributed by atoms with Crippen molar-refractivity contribution in [2.45, 2.75) is 26.2 Å². The van der Waals surface area contributed by atoms with E-state index in [4.69, 9.17) is 23.2 Å². The van der Waals surface area contributed by atoms with Crippen LogP contribution >= 0.6 is 23.2 Å². The number of rotatable bonds is 5. The number of hydrogen-bond donors (Lipinski definition) is 1. The zero-order valence-electron chi connectivity index (χ0n) is 16.2. The monoisotopic (exact) mass is 422 g/mol. The first kappa shape index (κ1) is 19.7. The number of Topliss-reactive ketones (excluding diaryl/α,β-unsaturated/α-hetero) is 1. The van der Waals surface area contributed by atoms with E-state index in [1.54, 1.807) is 18.2 Å². The molecule has 0 radical (unpaired) electrons. The Hall–Kier alpha value is -2.62. The molecule has 5 heteroatoms. The Morgan fingerprint density at radius 3 is 2.34 bits per heavy atom. The van der Waals surface area contributed by atoms with E-state index < -0.39 is 0 Å². The first-order valence-electron chi connectivity index (χ1n) is 9.48. The van der Waals surface area contributed by atoms with Gasteiger partial charge in [0.15, 0.2) is 5.78 Å². The average Bonchev–Trinajstić information content (AvgIpc) is 3.11. The zero-order valence-corrected chi connectivity index (χ0v) is 17.7. The summed E-state index contributed by atoms with van der Waals surface area (Å²) < 4.78 is 0. The molecule has 0 saturated heterocycles. The highest BCUT2D eigenvalue weighted by Crippen LogP contribution is 2.34. The largest absolute Gasteiger partial charge is 0.338 e. The lowest BCUT2D eigenvalue weighted by Gasteiger charge is -2.07. The molecular formula is C24H20Cl2N2O. The van der Waals surface area contributed by atoms with Crippen molar-refractivity contribution in [2.24, 2.45) is 0 Å². The number of nitrogens with one attached hydrogen (secondary N) is 1. The van der Waals surface area contributed by atoms with Crippen LogP contribution in [0, 0.1) is 0 Å². The molecule has 4 aromatic rings. The van der Waals surface area contributed by atoms with Crippen LogP contribution in [0.2, 0.25) is 10.0 Å². The fourth-order valence-electron chi connectivity index (χ4n) is 3.33. The van der Waals surface area contributed by atoms with E-state index in [0.717, 1.165) is 16.6 Å². The van der Waals surface area contributed by atoms with Crippen molar-refractivity contribution in [1.82, 2.24) is 9.97 Å². The van der Waals surface area contributed by atoms with Gasteiger partial charge in [0.25, 0.3) is 0 Å². The predicted octanol–water partition coefficient (Wildman–Crippen LogP) is 7.09. The Morgan fingerprint density at radius 2 is 1.69 bits per heavy atom. The van der Waals surface area contributed by atoms with E-state index in [1.165, 1.54) is 5.56 Å². The van der Waals surface area contributed by atoms with Crippen molar-refractivity contribution in [3.8, 4) is 11.4 Å². The molecule has 0 aliphatic heterocycles. The van der Waals surface area contributed by atoms with Gasteiger partial charge in [-0.25, -0.2) is 4.98 Å². The number of carbonyl (C=O) groups is 1. The Balaban J connectivity index is 1.61. The number of aromatic amines is 1. The van der Waals surface area contributed by atoms with Gasteiger partial charge < -0.3 is 4.98 Å². The lowest BCUT2D eigenvalue weighted by Crippen LogP contribution is -2.03. The van der Waals surface area contributed by atoms with Crippen LogP contribution in [0.1, 0.15) is 41.3 Å². The second kappa shape index (κ2) is 8.02. The van der Waals surface area contributed by atoms with Gasteiger partial charge >= 0.3 is 0 Å². The highest BCUT2D eigenvalue weighted by molar-refractivity contribution is 6.39. The summed E-state index contributed by atoms with van der Waals surface area (Å²) in [6.07, 6.45) is 0.362. The highest BCUT2D eigenvalue weighted by Gasteiger charge is 2.14. The molecule has 4 rings (SSSR count). The summed E-state index contributed by atoms with van der Waals surface area (Å²) in [7, 11) is 0. The lowest BCUT2D eigenvalue weighted by molar-refractivity contribution is 0.0993. The fraction of sp³-hybridized carbons (Fsp3) is 0.167. The maximum atomic E-state index is 12.8. The maximum Gasteiger partial charge on any atom is 0.167 e. The number of halogens is 2. The van der Waals surface area contributed by atoms with Crippen molar-refractivity contribution in [1.29, 1.82) is 0 Å². The molecule has 1 N–H and O–H groups in total. The van der Waals surface area contributed by atoms with Crippen molar-refractivity contribution < 1.29 is 4.79 Å². The van der Waals surface area contributed by atoms with Crippen LogP contribution in [-0.2, 0) is 6.42 Å². The van der Waals surface area contributed by atoms with Crippen LogP contribution in [0.15, 0.2) is 60.7 Å². The molecule has 0 amide bonds. The summed E-state index contributed by atoms with van der Waals surface area (Å²) in [4.78, 5) is 20.6. The molecule has 3 aromatic carbocycles. The minimum Gasteiger partial charge on any atom is -0.338 e. The van der Waals surface area contributed by atoms with E-state index in [1.807, 2.05) is 30.3 Å². The quantitative estimate of drug-likeness (QED) is 0.349. The van der Waals surface area contributed by atoms with E-state index >= 15 is 0 Å². The van der Waals surface area contributed by atoms with Crippen molar-refractivity contribution in [3.63, 3.8) is 0 Å². The maximum absolute atomic E-state index is 12.8. The molecule has 0 unspecified atom stereocenters. The summed E-state index contributed by atoms with van der Waals surface area (Å²) in [6, 6.07) is 19.1. The number of carbonyl (C=O) groups excluding carboxylic acids is 1. The average molecular weight is 423 g/mol. The minimum atomic E-state index is 0.0659. The Bertz CT molecular complexity index is 1170. The number of imidazole rings is 1. The topological polar surface area (TPSA) is 45.8 Å². The van der Waals surface area contributed by atoms with E-state index in [9.17, 15) is 4.79 Å². The SMILES string of the molecule is CC(C)c1ccc(CC(=O)c2ccc3nc(-c4c(Cl)cccc4Cl)[nH]c3c2)cc1. The lowest BCUT2D eigenvalue weighted by atomic mass is 9.98. The molecule has 3 nitrogen and oxygen atoms in total. The Kier molecular flexibility index (Phi) is 5.44. The molecule has 0 bridgehead atoms. The second-order valence-electron chi connectivity index (χ2n) is 7.41. The molecule has 0 spiro atoms. The molecule has 1 heterocycles. The highest BCUT2D eigenvalue weighted by atomic mass is 35.5. The minimum absolute atomic E-state index is 0.0659. The second-order valence-corrected chi connectivity index (χ2v) is 8.22. The number of ketones is 1. The third-order valence-corrected chi connectivity index (χ3v) is 5.64. The first-order valence-corrected chi connectivity index (χ1v) is 10.2. The van der Waals surface area contributed by atoms with Gasteiger partial charge in [0.05, 0.1) is 26.6 Å². The molecule has 0 saturated carbocycles. The van der Waals surface area contributed by atoms with Crippen molar-refractivity contribution >= 4 is 40.0 Å². The van der Waals surface area contributed by atoms with Crippen LogP contribution in [-0.4, -0.2) is 15.8 Å². The van der Waals surface area contributed by atoms with Crippen LogP contribution in [0.4, 0.5) is 0 Å². The molecule has 0 atom stereocenters. The van der Waals surface area contributed by atoms with Gasteiger partial charge in [0, 0.05) is 12.0 Å². The van der Waals surface area contributed by atoms with Crippen LogP contribution in [0.5, 0.6) is 0 Å². The molecule has 0 fully saturated rings. The number of benzene rings is 3. The van der Waals surface area contributed by atoms with Gasteiger partial charge in [0.1, 0.15) is 5.82 Å². The summed E-state index contributed by atoms with van der Waals surface area (Å²) in [5.41, 5.74) is 5.11. The fourth-order valence-corrected chi connectivity index (χ4v) is 3.91. The van der Waals surface area contributed by atoms with E-state index in [2.05, 4.69) is 35.9 Å². The number of nitrogens with zero attached hydrogens (tertiary/aromatic N) is 1. The molecule has 29 heavy (non-hydrogen) atoms. The number of aromatic nitrogens is 2. The smallest absolute Gasteiger partial charge is 0.167 e. The van der Waals surface area contributed by atoms with Gasteiger partial charge in [-0.3, -0.25) is 4.79 Å². The first-order chi connectivity index (χ1) is 13.9. The Morgan fingerprint density at radius 1 is 1.00 bits per heavy atom. The van der Waals surface area contributed by atoms with Crippen molar-refractivity contribution in [2.75, 3.05) is 0 Å². The molecular weight excluding hydrogens is 403 g/mol. The van der Waals surface area contributed by atoms with Crippen LogP contribution in [0.25, 0.3) is 22.4 Å². The number of hydrogen-bond acceptors (Lipinski definition) is 2. The number of fused-ring (bicyclic) bond motifs is 1. The predicted molar refractivity (Wildman–Crippen MR) is 120 cm³/mol. The summed E-state index contributed by atoms with van der Waals surface area (Å²) in [5.74, 6) is 1.13. The molecule has 0 aliphatic rings. The van der Waals surface area contributed by atoms with Crippen LogP contribution < -0.4 is 0 Å². The van der Waals surface area contributed by atoms with Crippen LogP contribution in [0.3, 0.4) is 0 Å². The van der Waals surface area contributed by atoms with Gasteiger partial charge in [0.2, 0.25) is 0 Å². The Labute approximate surface area is 179 Å². The van der Waals surface area contributed by atoms with E-state index in [0.29, 0.717) is 39.3 Å². The van der Waals surface area contributed by atoms with Gasteiger partial charge in [-0.05, 0) is 47.4 Å². The van der Waals surface area contributed by atoms with E-state index in [-0.39, 0.29) is 5.78 Å². The number of H-pyrrole nitrogens is 1. The van der Waals surface area contributed by atoms with Crippen molar-refractivity contribution in [3.05, 3.63) is 87.4 Å². The van der Waals surface area contributed by atoms with Gasteiger partial charge in [-0.1, -0.05) is 67.4 Å². The normalized spacial score (nSPS) is 11.3. The summed E-state index contributed by atoms with van der Waals surface area (Å²) >= 11 is 12.6.